The van der Waals surface area contributed by atoms with E-state index in [-0.39, 0.29) is 5.41 Å². The highest BCUT2D eigenvalue weighted by molar-refractivity contribution is 6.22. The molecule has 1 atom stereocenters. The predicted molar refractivity (Wildman–Crippen MR) is 237 cm³/mol. The van der Waals surface area contributed by atoms with Gasteiger partial charge in [0, 0.05) is 5.41 Å². The minimum absolute atomic E-state index is 0.307. The van der Waals surface area contributed by atoms with Gasteiger partial charge in [-0.25, -0.2) is 0 Å². The van der Waals surface area contributed by atoms with Crippen LogP contribution in [0.15, 0.2) is 200 Å². The average Bonchev–Trinajstić information content (AvgIpc) is 3.71. The lowest BCUT2D eigenvalue weighted by molar-refractivity contribution is 0.715. The van der Waals surface area contributed by atoms with Crippen LogP contribution in [0.25, 0.3) is 99.1 Å². The second-order valence-corrected chi connectivity index (χ2v) is 15.7. The lowest BCUT2D eigenvalue weighted by atomic mass is 9.73. The van der Waals surface area contributed by atoms with Crippen molar-refractivity contribution in [1.29, 1.82) is 0 Å². The van der Waals surface area contributed by atoms with Crippen LogP contribution >= 0.6 is 0 Å². The Morgan fingerprint density at radius 1 is 0.304 bits per heavy atom. The van der Waals surface area contributed by atoms with Gasteiger partial charge in [0.2, 0.25) is 0 Å². The molecule has 0 heteroatoms. The van der Waals surface area contributed by atoms with Gasteiger partial charge in [-0.2, -0.15) is 0 Å². The van der Waals surface area contributed by atoms with Gasteiger partial charge in [-0.3, -0.25) is 0 Å². The Kier molecular flexibility index (Phi) is 6.57. The Labute approximate surface area is 327 Å². The molecule has 0 aliphatic heterocycles. The van der Waals surface area contributed by atoms with Crippen LogP contribution < -0.4 is 0 Å². The van der Waals surface area contributed by atoms with Gasteiger partial charge >= 0.3 is 0 Å². The molecule has 10 aromatic carbocycles. The molecule has 56 heavy (non-hydrogen) atoms. The molecule has 1 unspecified atom stereocenters. The Morgan fingerprint density at radius 3 is 1.71 bits per heavy atom. The van der Waals surface area contributed by atoms with Crippen LogP contribution in [0.1, 0.15) is 23.6 Å². The number of rotatable bonds is 4. The first-order chi connectivity index (χ1) is 27.6. The highest BCUT2D eigenvalue weighted by Crippen LogP contribution is 2.56. The van der Waals surface area contributed by atoms with E-state index in [9.17, 15) is 0 Å². The highest BCUT2D eigenvalue weighted by atomic mass is 14.4. The summed E-state index contributed by atoms with van der Waals surface area (Å²) in [5.74, 6) is 0. The second-order valence-electron chi connectivity index (χ2n) is 15.7. The molecule has 0 bridgehead atoms. The zero-order valence-corrected chi connectivity index (χ0v) is 31.1. The number of fused-ring (bicyclic) bond motifs is 8. The Bertz CT molecular complexity index is 3240. The summed E-state index contributed by atoms with van der Waals surface area (Å²) in [7, 11) is 0. The topological polar surface area (TPSA) is 0 Å². The predicted octanol–water partition coefficient (Wildman–Crippen LogP) is 15.1. The molecule has 2 aliphatic rings. The number of benzene rings is 10. The Hall–Kier alpha value is -7.02. The molecule has 0 spiro atoms. The molecule has 2 aliphatic carbocycles. The van der Waals surface area contributed by atoms with Crippen molar-refractivity contribution in [2.24, 2.45) is 0 Å². The third-order valence-electron chi connectivity index (χ3n) is 12.8. The maximum absolute atomic E-state index is 2.49. The minimum atomic E-state index is -0.307. The lowest BCUT2D eigenvalue weighted by Gasteiger charge is -2.29. The molecule has 0 amide bonds. The van der Waals surface area contributed by atoms with Crippen LogP contribution in [-0.4, -0.2) is 0 Å². The summed E-state index contributed by atoms with van der Waals surface area (Å²) in [6, 6.07) is 74.9. The monoisotopic (exact) mass is 708 g/mol. The molecule has 0 heterocycles. The molecule has 0 saturated heterocycles. The van der Waals surface area contributed by atoms with Gasteiger partial charge in [0.15, 0.2) is 0 Å². The maximum Gasteiger partial charge on any atom is 0.0435 e. The summed E-state index contributed by atoms with van der Waals surface area (Å²) in [6.45, 7) is 2.42. The van der Waals surface area contributed by atoms with E-state index in [4.69, 9.17) is 0 Å². The Morgan fingerprint density at radius 2 is 0.911 bits per heavy atom. The van der Waals surface area contributed by atoms with Crippen LogP contribution in [0.3, 0.4) is 0 Å². The largest absolute Gasteiger partial charge is 0.0622 e. The molecule has 0 nitrogen and oxygen atoms in total. The lowest BCUT2D eigenvalue weighted by Crippen LogP contribution is -2.22. The first-order valence-electron chi connectivity index (χ1n) is 19.7. The van der Waals surface area contributed by atoms with Crippen LogP contribution in [0, 0.1) is 0 Å². The van der Waals surface area contributed by atoms with E-state index in [1.165, 1.54) is 116 Å². The first kappa shape index (κ1) is 31.3. The average molecular weight is 709 g/mol. The zero-order chi connectivity index (χ0) is 37.0. The summed E-state index contributed by atoms with van der Waals surface area (Å²) >= 11 is 0. The number of hydrogen-bond donors (Lipinski definition) is 0. The van der Waals surface area contributed by atoms with Crippen molar-refractivity contribution in [3.8, 4) is 66.8 Å². The molecule has 0 fully saturated rings. The minimum Gasteiger partial charge on any atom is -0.0622 e. The van der Waals surface area contributed by atoms with E-state index in [1.54, 1.807) is 0 Å². The standard InChI is InChI=1S/C56H36/c1-56(42-21-6-3-7-22-42)51-34-40(26-29-45(51)49-30-37-16-8-9-17-38(37)33-52(49)56)43-28-27-41(32-48(43)35-14-4-2-5-15-35)54-44-23-11-10-18-39(44)31-50-46-24-12-19-36-20-13-25-47(53(36)46)55(50)54/h2-34H,1H3. The molecule has 0 radical (unpaired) electrons. The summed E-state index contributed by atoms with van der Waals surface area (Å²) < 4.78 is 0. The van der Waals surface area contributed by atoms with Gasteiger partial charge < -0.3 is 0 Å². The van der Waals surface area contributed by atoms with E-state index in [0.717, 1.165) is 0 Å². The fraction of sp³-hybridized carbons (Fsp3) is 0.0357. The van der Waals surface area contributed by atoms with Crippen molar-refractivity contribution < 1.29 is 0 Å². The molecule has 0 saturated carbocycles. The van der Waals surface area contributed by atoms with Gasteiger partial charge in [0.05, 0.1) is 0 Å². The summed E-state index contributed by atoms with van der Waals surface area (Å²) in [6.07, 6.45) is 0. The quantitative estimate of drug-likeness (QED) is 0.171. The van der Waals surface area contributed by atoms with Crippen molar-refractivity contribution in [2.75, 3.05) is 0 Å². The van der Waals surface area contributed by atoms with E-state index in [1.807, 2.05) is 0 Å². The van der Waals surface area contributed by atoms with E-state index >= 15 is 0 Å². The summed E-state index contributed by atoms with van der Waals surface area (Å²) in [5.41, 5.74) is 19.1. The van der Waals surface area contributed by atoms with Crippen molar-refractivity contribution >= 4 is 32.3 Å². The first-order valence-corrected chi connectivity index (χ1v) is 19.7. The molecule has 0 N–H and O–H groups in total. The van der Waals surface area contributed by atoms with Gasteiger partial charge in [-0.15, -0.1) is 0 Å². The van der Waals surface area contributed by atoms with Crippen LogP contribution in [-0.2, 0) is 5.41 Å². The van der Waals surface area contributed by atoms with Crippen LogP contribution in [0.4, 0.5) is 0 Å². The molecule has 12 rings (SSSR count). The second kappa shape index (κ2) is 11.7. The third kappa shape index (κ3) is 4.36. The van der Waals surface area contributed by atoms with Crippen molar-refractivity contribution in [1.82, 2.24) is 0 Å². The fourth-order valence-corrected chi connectivity index (χ4v) is 10.2. The molecular formula is C56H36. The normalized spacial score (nSPS) is 14.9. The number of hydrogen-bond acceptors (Lipinski definition) is 0. The van der Waals surface area contributed by atoms with Crippen LogP contribution in [0.5, 0.6) is 0 Å². The van der Waals surface area contributed by atoms with Crippen molar-refractivity contribution in [3.63, 3.8) is 0 Å². The van der Waals surface area contributed by atoms with E-state index < -0.39 is 0 Å². The van der Waals surface area contributed by atoms with Gasteiger partial charge in [-0.1, -0.05) is 170 Å². The summed E-state index contributed by atoms with van der Waals surface area (Å²) in [5, 5.41) is 7.75. The fourth-order valence-electron chi connectivity index (χ4n) is 10.2. The van der Waals surface area contributed by atoms with Gasteiger partial charge in [-0.05, 0) is 153 Å². The van der Waals surface area contributed by atoms with E-state index in [2.05, 4.69) is 207 Å². The highest BCUT2D eigenvalue weighted by Gasteiger charge is 2.41. The smallest absolute Gasteiger partial charge is 0.0435 e. The zero-order valence-electron chi connectivity index (χ0n) is 31.1. The molecule has 0 aromatic heterocycles. The van der Waals surface area contributed by atoms with Gasteiger partial charge in [0.1, 0.15) is 0 Å². The Balaban J connectivity index is 1.10. The van der Waals surface area contributed by atoms with Crippen LogP contribution in [0.2, 0.25) is 0 Å². The molecule has 10 aromatic rings. The molecular weight excluding hydrogens is 673 g/mol. The van der Waals surface area contributed by atoms with Gasteiger partial charge in [0.25, 0.3) is 0 Å². The third-order valence-corrected chi connectivity index (χ3v) is 12.8. The summed E-state index contributed by atoms with van der Waals surface area (Å²) in [4.78, 5) is 0. The maximum atomic E-state index is 2.49. The van der Waals surface area contributed by atoms with E-state index in [0.29, 0.717) is 0 Å². The van der Waals surface area contributed by atoms with Crippen molar-refractivity contribution in [3.05, 3.63) is 217 Å². The SMILES string of the molecule is CC1(c2ccccc2)c2cc(-c3ccc(-c4c5c(cc6ccccc46)-c4cccc6cccc-5c46)cc3-c3ccccc3)ccc2-c2cc3ccccc3cc21. The van der Waals surface area contributed by atoms with Crippen molar-refractivity contribution in [2.45, 2.75) is 12.3 Å². The molecule has 260 valence electrons.